The highest BCUT2D eigenvalue weighted by Gasteiger charge is 2.34. The molecule has 2 aliphatic rings. The Hall–Kier alpha value is -4.91. The van der Waals surface area contributed by atoms with Crippen LogP contribution in [-0.2, 0) is 71.3 Å². The number of hydrogen-bond acceptors (Lipinski definition) is 18. The minimum atomic E-state index is -0.556. The molecule has 3 amide bonds. The van der Waals surface area contributed by atoms with Crippen LogP contribution in [-0.4, -0.2) is 210 Å². The van der Waals surface area contributed by atoms with Gasteiger partial charge in [0, 0.05) is 42.8 Å². The summed E-state index contributed by atoms with van der Waals surface area (Å²) in [6.07, 6.45) is 4.33. The maximum atomic E-state index is 13.6. The molecule has 1 fully saturated rings. The van der Waals surface area contributed by atoms with Crippen LogP contribution >= 0.6 is 0 Å². The quantitative estimate of drug-likeness (QED) is 0.0510. The number of esters is 1. The molecule has 426 valence electrons. The Kier molecular flexibility index (Phi) is 31.6. The lowest BCUT2D eigenvalue weighted by Gasteiger charge is -2.24. The number of amides is 3. The number of benzene rings is 2. The Labute approximate surface area is 449 Å². The van der Waals surface area contributed by atoms with Gasteiger partial charge in [0.2, 0.25) is 5.91 Å². The van der Waals surface area contributed by atoms with E-state index in [0.29, 0.717) is 187 Å². The standard InChI is InChI=1S/C55H85N5O16/c1-6-18-60(75-7-2)54(64)47-40-46-15-14-45(41-48(46)58-50(56)42-47)43-10-12-44(13-11-43)53(63)59-19-8-9-49(59)52(62)57-17-21-66-23-25-68-27-29-70-31-33-72-35-37-74-39-38-73-36-34-71-32-30-69-28-26-67-24-22-65-20-16-51(61)76-55(3,4)5/h10-15,40-41,49H,6-9,16-39,42H2,1-5H3,(H2,56,58)(H,57,62)/t49-/m1/s1. The van der Waals surface area contributed by atoms with Crippen molar-refractivity contribution in [3.63, 3.8) is 0 Å². The first kappa shape index (κ1) is 63.6. The first-order chi connectivity index (χ1) is 36.9. The van der Waals surface area contributed by atoms with Crippen molar-refractivity contribution in [1.29, 1.82) is 0 Å². The third kappa shape index (κ3) is 26.0. The number of nitrogens with one attached hydrogen (secondary N) is 1. The molecule has 0 radical (unpaired) electrons. The van der Waals surface area contributed by atoms with Crippen LogP contribution in [0, 0.1) is 0 Å². The molecule has 21 heteroatoms. The molecule has 2 aromatic carbocycles. The number of ether oxygens (including phenoxy) is 11. The molecule has 2 aliphatic heterocycles. The van der Waals surface area contributed by atoms with Crippen molar-refractivity contribution in [2.45, 2.75) is 78.4 Å². The highest BCUT2D eigenvalue weighted by Crippen LogP contribution is 2.33. The van der Waals surface area contributed by atoms with Gasteiger partial charge < -0.3 is 68.1 Å². The van der Waals surface area contributed by atoms with Crippen LogP contribution < -0.4 is 11.1 Å². The number of nitrogens with two attached hydrogens (primary N) is 1. The highest BCUT2D eigenvalue weighted by molar-refractivity contribution is 6.05. The number of carbonyl (C=O) groups excluding carboxylic acids is 4. The van der Waals surface area contributed by atoms with Gasteiger partial charge in [-0.15, -0.1) is 0 Å². The van der Waals surface area contributed by atoms with Gasteiger partial charge in [0.1, 0.15) is 17.5 Å². The first-order valence-electron chi connectivity index (χ1n) is 26.7. The van der Waals surface area contributed by atoms with Crippen molar-refractivity contribution < 1.29 is 76.1 Å². The van der Waals surface area contributed by atoms with E-state index in [1.807, 2.05) is 71.0 Å². The number of likely N-dealkylation sites (tertiary alicyclic amines) is 1. The molecule has 0 aromatic heterocycles. The lowest BCUT2D eigenvalue weighted by molar-refractivity contribution is -0.180. The third-order valence-corrected chi connectivity index (χ3v) is 11.3. The van der Waals surface area contributed by atoms with Crippen molar-refractivity contribution >= 4 is 41.3 Å². The van der Waals surface area contributed by atoms with E-state index in [9.17, 15) is 19.2 Å². The fourth-order valence-electron chi connectivity index (χ4n) is 7.70. The number of carbonyl (C=O) groups is 4. The maximum absolute atomic E-state index is 13.6. The average molecular weight is 1070 g/mol. The van der Waals surface area contributed by atoms with Crippen LogP contribution in [0.1, 0.15) is 82.6 Å². The molecule has 3 N–H and O–H groups in total. The summed E-state index contributed by atoms with van der Waals surface area (Å²) in [5, 5.41) is 4.30. The summed E-state index contributed by atoms with van der Waals surface area (Å²) in [5.41, 5.74) is 9.97. The van der Waals surface area contributed by atoms with Crippen molar-refractivity contribution in [2.24, 2.45) is 10.7 Å². The first-order valence-corrected chi connectivity index (χ1v) is 26.7. The van der Waals surface area contributed by atoms with E-state index in [1.165, 1.54) is 5.06 Å². The number of fused-ring (bicyclic) bond motifs is 1. The van der Waals surface area contributed by atoms with Crippen LogP contribution in [0.5, 0.6) is 0 Å². The number of amidine groups is 1. The summed E-state index contributed by atoms with van der Waals surface area (Å²) in [5.74, 6) is -0.571. The molecule has 2 aromatic rings. The maximum Gasteiger partial charge on any atom is 0.308 e. The molecular formula is C55H85N5O16. The predicted octanol–water partition coefficient (Wildman–Crippen LogP) is 4.94. The van der Waals surface area contributed by atoms with Crippen LogP contribution in [0.2, 0.25) is 0 Å². The summed E-state index contributed by atoms with van der Waals surface area (Å²) in [6.45, 7) is 19.5. The third-order valence-electron chi connectivity index (χ3n) is 11.3. The van der Waals surface area contributed by atoms with Gasteiger partial charge in [-0.25, -0.2) is 10.1 Å². The van der Waals surface area contributed by atoms with E-state index in [1.54, 1.807) is 17.0 Å². The molecule has 2 heterocycles. The van der Waals surface area contributed by atoms with Gasteiger partial charge >= 0.3 is 5.97 Å². The number of nitrogens with zero attached hydrogens (tertiary/aromatic N) is 3. The molecule has 4 rings (SSSR count). The zero-order chi connectivity index (χ0) is 54.6. The Morgan fingerprint density at radius 1 is 0.671 bits per heavy atom. The molecule has 21 nitrogen and oxygen atoms in total. The zero-order valence-corrected chi connectivity index (χ0v) is 45.7. The monoisotopic (exact) mass is 1070 g/mol. The van der Waals surface area contributed by atoms with Crippen LogP contribution in [0.4, 0.5) is 5.69 Å². The second kappa shape index (κ2) is 37.8. The highest BCUT2D eigenvalue weighted by atomic mass is 16.7. The molecule has 1 saturated heterocycles. The summed E-state index contributed by atoms with van der Waals surface area (Å²) in [6, 6.07) is 12.5. The van der Waals surface area contributed by atoms with Crippen LogP contribution in [0.3, 0.4) is 0 Å². The Morgan fingerprint density at radius 2 is 1.16 bits per heavy atom. The molecule has 0 bridgehead atoms. The van der Waals surface area contributed by atoms with Gasteiger partial charge in [-0.3, -0.25) is 24.0 Å². The van der Waals surface area contributed by atoms with E-state index in [4.69, 9.17) is 62.7 Å². The Balaban J connectivity index is 0.922. The van der Waals surface area contributed by atoms with Gasteiger partial charge in [-0.1, -0.05) is 31.2 Å². The molecule has 0 unspecified atom stereocenters. The van der Waals surface area contributed by atoms with E-state index >= 15 is 0 Å². The predicted molar refractivity (Wildman–Crippen MR) is 285 cm³/mol. The van der Waals surface area contributed by atoms with Gasteiger partial charge in [0.25, 0.3) is 11.8 Å². The summed E-state index contributed by atoms with van der Waals surface area (Å²) >= 11 is 0. The van der Waals surface area contributed by atoms with Crippen molar-refractivity contribution in [2.75, 3.05) is 158 Å². The number of aliphatic imine (C=N–C) groups is 1. The number of hydrogen-bond donors (Lipinski definition) is 2. The van der Waals surface area contributed by atoms with Crippen LogP contribution in [0.15, 0.2) is 53.0 Å². The Morgan fingerprint density at radius 3 is 1.64 bits per heavy atom. The van der Waals surface area contributed by atoms with Gasteiger partial charge in [0.15, 0.2) is 0 Å². The van der Waals surface area contributed by atoms with Gasteiger partial charge in [-0.05, 0) is 82.4 Å². The largest absolute Gasteiger partial charge is 0.460 e. The molecule has 0 aliphatic carbocycles. The topological polar surface area (TPSA) is 236 Å². The van der Waals surface area contributed by atoms with Crippen molar-refractivity contribution in [3.05, 3.63) is 59.2 Å². The van der Waals surface area contributed by atoms with Crippen molar-refractivity contribution in [1.82, 2.24) is 15.3 Å². The summed E-state index contributed by atoms with van der Waals surface area (Å²) in [7, 11) is 0. The normalized spacial score (nSPS) is 14.5. The fraction of sp³-hybridized carbons (Fsp3) is 0.655. The minimum Gasteiger partial charge on any atom is -0.460 e. The number of rotatable bonds is 41. The number of hydroxylamine groups is 2. The fourth-order valence-corrected chi connectivity index (χ4v) is 7.70. The molecule has 76 heavy (non-hydrogen) atoms. The van der Waals surface area contributed by atoms with Crippen molar-refractivity contribution in [3.8, 4) is 11.1 Å². The second-order valence-corrected chi connectivity index (χ2v) is 18.5. The zero-order valence-electron chi connectivity index (χ0n) is 45.7. The minimum absolute atomic E-state index is 0.198. The average Bonchev–Trinajstić information content (AvgIpc) is 3.83. The lowest BCUT2D eigenvalue weighted by atomic mass is 9.99. The van der Waals surface area contributed by atoms with E-state index < -0.39 is 11.6 Å². The molecule has 0 spiro atoms. The van der Waals surface area contributed by atoms with Gasteiger partial charge in [0.05, 0.1) is 151 Å². The summed E-state index contributed by atoms with van der Waals surface area (Å²) < 4.78 is 60.3. The smallest absolute Gasteiger partial charge is 0.308 e. The van der Waals surface area contributed by atoms with E-state index in [0.717, 1.165) is 29.5 Å². The summed E-state index contributed by atoms with van der Waals surface area (Å²) in [4.78, 5) is 63.5. The SMILES string of the molecule is CCCN(OCC)C(=O)C1=Cc2ccc(-c3ccc(C(=O)N4CCC[C@@H]4C(=O)NCCOCCOCCOCCOCCOCCOCCOCCOCCOCCOCCC(=O)OC(C)(C)C)cc3)cc2N=C(N)C1. The molecule has 0 saturated carbocycles. The molecule has 1 atom stereocenters. The van der Waals surface area contributed by atoms with E-state index in [-0.39, 0.29) is 36.5 Å². The second-order valence-electron chi connectivity index (χ2n) is 18.5. The molecular weight excluding hydrogens is 987 g/mol. The Bertz CT molecular complexity index is 2040. The van der Waals surface area contributed by atoms with Gasteiger partial charge in [-0.2, -0.15) is 0 Å². The van der Waals surface area contributed by atoms with E-state index in [2.05, 4.69) is 10.3 Å². The van der Waals surface area contributed by atoms with Crippen LogP contribution in [0.25, 0.3) is 17.2 Å². The lowest BCUT2D eigenvalue weighted by Crippen LogP contribution is -2.46.